The smallest absolute Gasteiger partial charge is 0.0834 e. The molecule has 6 nitrogen and oxygen atoms in total. The second kappa shape index (κ2) is 8.86. The van der Waals surface area contributed by atoms with Crippen molar-refractivity contribution >= 4 is 0 Å². The molecule has 0 saturated heterocycles. The average molecular weight is 495 g/mol. The van der Waals surface area contributed by atoms with Crippen molar-refractivity contribution in [2.24, 2.45) is 7.05 Å². The zero-order chi connectivity index (χ0) is 15.9. The molecular formula is C17H14IrN6-2. The molecule has 4 rings (SSSR count). The normalized spacial score (nSPS) is 9.54. The van der Waals surface area contributed by atoms with E-state index in [1.54, 1.807) is 18.7 Å². The Hall–Kier alpha value is -2.63. The molecule has 4 aromatic rings. The molecule has 0 bridgehead atoms. The fourth-order valence-corrected chi connectivity index (χ4v) is 1.92. The molecule has 0 saturated carbocycles. The van der Waals surface area contributed by atoms with E-state index in [9.17, 15) is 0 Å². The summed E-state index contributed by atoms with van der Waals surface area (Å²) in [6.07, 6.45) is 7.06. The molecule has 123 valence electrons. The summed E-state index contributed by atoms with van der Waals surface area (Å²) in [5, 5.41) is 10.8. The predicted octanol–water partition coefficient (Wildman–Crippen LogP) is 2.38. The molecule has 3 heterocycles. The fraction of sp³-hybridized carbons (Fsp3) is 0.0588. The van der Waals surface area contributed by atoms with E-state index in [-0.39, 0.29) is 20.1 Å². The Morgan fingerprint density at radius 1 is 1.04 bits per heavy atom. The van der Waals surface area contributed by atoms with Gasteiger partial charge in [0.25, 0.3) is 0 Å². The van der Waals surface area contributed by atoms with Crippen LogP contribution in [0, 0.1) is 6.07 Å². The molecule has 7 heteroatoms. The third kappa shape index (κ3) is 4.68. The monoisotopic (exact) mass is 495 g/mol. The van der Waals surface area contributed by atoms with Gasteiger partial charge < -0.3 is 14.8 Å². The minimum atomic E-state index is 0. The van der Waals surface area contributed by atoms with Crippen LogP contribution in [0.15, 0.2) is 67.4 Å². The quantitative estimate of drug-likeness (QED) is 0.400. The molecule has 0 aliphatic carbocycles. The van der Waals surface area contributed by atoms with Gasteiger partial charge in [-0.1, -0.05) is 12.3 Å². The summed E-state index contributed by atoms with van der Waals surface area (Å²) < 4.78 is 1.93. The van der Waals surface area contributed by atoms with Crippen LogP contribution >= 0.6 is 0 Å². The van der Waals surface area contributed by atoms with Crippen LogP contribution in [0.25, 0.3) is 22.6 Å². The van der Waals surface area contributed by atoms with Gasteiger partial charge in [-0.25, -0.2) is 0 Å². The molecule has 0 N–H and O–H groups in total. The molecule has 1 aromatic carbocycles. The van der Waals surface area contributed by atoms with Crippen molar-refractivity contribution in [3.05, 3.63) is 73.4 Å². The standard InChI is InChI=1S/C10H9N2.C7H5N4.Ir/c1-12-7-10(11-8-12)9-5-3-2-4-6-9;1-2-4-8-6(3-1)7-5-9-11-10-7;/h2-5,7-8H,1H3;1-5H;/q2*-1;. The number of rotatable bonds is 2. The number of aryl methyl sites for hydroxylation is 1. The predicted molar refractivity (Wildman–Crippen MR) is 86.1 cm³/mol. The maximum absolute atomic E-state index is 4.22. The zero-order valence-electron chi connectivity index (χ0n) is 12.9. The summed E-state index contributed by atoms with van der Waals surface area (Å²) >= 11 is 0. The van der Waals surface area contributed by atoms with Gasteiger partial charge in [0.05, 0.1) is 12.0 Å². The molecule has 0 atom stereocenters. The number of hydrogen-bond donors (Lipinski definition) is 0. The van der Waals surface area contributed by atoms with Gasteiger partial charge in [-0.3, -0.25) is 15.2 Å². The molecule has 1 radical (unpaired) electrons. The van der Waals surface area contributed by atoms with Crippen LogP contribution < -0.4 is 5.10 Å². The van der Waals surface area contributed by atoms with Crippen molar-refractivity contribution in [3.8, 4) is 22.6 Å². The van der Waals surface area contributed by atoms with E-state index in [2.05, 4.69) is 31.4 Å². The van der Waals surface area contributed by atoms with E-state index < -0.39 is 0 Å². The molecule has 0 spiro atoms. The summed E-state index contributed by atoms with van der Waals surface area (Å²) in [6.45, 7) is 0. The number of pyridine rings is 1. The first-order valence-corrected chi connectivity index (χ1v) is 7.00. The number of imidazole rings is 1. The van der Waals surface area contributed by atoms with Gasteiger partial charge >= 0.3 is 0 Å². The van der Waals surface area contributed by atoms with Gasteiger partial charge in [0.15, 0.2) is 0 Å². The molecular weight excluding hydrogens is 480 g/mol. The average Bonchev–Trinajstić information content (AvgIpc) is 3.29. The molecule has 0 aliphatic rings. The van der Waals surface area contributed by atoms with Gasteiger partial charge in [0.2, 0.25) is 0 Å². The van der Waals surface area contributed by atoms with Crippen molar-refractivity contribution in [2.45, 2.75) is 0 Å². The first kappa shape index (κ1) is 17.7. The summed E-state index contributed by atoms with van der Waals surface area (Å²) in [5.74, 6) is 0. The largest absolute Gasteiger partial charge is 0.358 e. The van der Waals surface area contributed by atoms with E-state index in [0.29, 0.717) is 5.69 Å². The van der Waals surface area contributed by atoms with Crippen molar-refractivity contribution in [1.29, 1.82) is 0 Å². The van der Waals surface area contributed by atoms with Gasteiger partial charge in [-0.2, -0.15) is 0 Å². The summed E-state index contributed by atoms with van der Waals surface area (Å²) in [4.78, 5) is 8.30. The van der Waals surface area contributed by atoms with Crippen LogP contribution in [-0.2, 0) is 27.2 Å². The van der Waals surface area contributed by atoms with Crippen LogP contribution in [0.4, 0.5) is 0 Å². The Balaban J connectivity index is 0.000000167. The molecule has 24 heavy (non-hydrogen) atoms. The summed E-state index contributed by atoms with van der Waals surface area (Å²) in [5.41, 5.74) is 3.53. The van der Waals surface area contributed by atoms with Gasteiger partial charge in [-0.05, 0) is 24.0 Å². The van der Waals surface area contributed by atoms with E-state index in [4.69, 9.17) is 0 Å². The van der Waals surface area contributed by atoms with Crippen molar-refractivity contribution in [1.82, 2.24) is 29.9 Å². The fourth-order valence-electron chi connectivity index (χ4n) is 1.92. The molecule has 0 amide bonds. The third-order valence-electron chi connectivity index (χ3n) is 3.00. The molecule has 0 aliphatic heterocycles. The number of nitrogens with zero attached hydrogens (tertiary/aromatic N) is 6. The topological polar surface area (TPSA) is 70.6 Å². The maximum atomic E-state index is 4.22. The molecule has 0 fully saturated rings. The van der Waals surface area contributed by atoms with Crippen LogP contribution in [-0.4, -0.2) is 24.8 Å². The van der Waals surface area contributed by atoms with Crippen molar-refractivity contribution in [2.75, 3.05) is 0 Å². The van der Waals surface area contributed by atoms with Crippen LogP contribution in [0.2, 0.25) is 0 Å². The van der Waals surface area contributed by atoms with E-state index >= 15 is 0 Å². The van der Waals surface area contributed by atoms with E-state index in [0.717, 1.165) is 17.0 Å². The minimum Gasteiger partial charge on any atom is -0.358 e. The number of benzene rings is 1. The third-order valence-corrected chi connectivity index (χ3v) is 3.00. The van der Waals surface area contributed by atoms with Gasteiger partial charge in [0.1, 0.15) is 0 Å². The molecule has 3 aromatic heterocycles. The van der Waals surface area contributed by atoms with Gasteiger partial charge in [0, 0.05) is 39.0 Å². The SMILES string of the molecule is Cn1cnc(-c2[c-]cccc2)c1.[Ir].c1ccc(-c2cnn[n-]2)nc1. The van der Waals surface area contributed by atoms with Crippen LogP contribution in [0.5, 0.6) is 0 Å². The summed E-state index contributed by atoms with van der Waals surface area (Å²) in [7, 11) is 1.96. The number of hydrogen-bond acceptors (Lipinski definition) is 4. The van der Waals surface area contributed by atoms with Gasteiger partial charge in [-0.15, -0.1) is 35.9 Å². The Morgan fingerprint density at radius 2 is 1.92 bits per heavy atom. The Bertz CT molecular complexity index is 828. The first-order valence-electron chi connectivity index (χ1n) is 7.00. The Morgan fingerprint density at radius 3 is 2.50 bits per heavy atom. The van der Waals surface area contributed by atoms with Crippen LogP contribution in [0.3, 0.4) is 0 Å². The zero-order valence-corrected chi connectivity index (χ0v) is 15.3. The Kier molecular flexibility index (Phi) is 6.54. The van der Waals surface area contributed by atoms with Crippen molar-refractivity contribution in [3.63, 3.8) is 0 Å². The summed E-state index contributed by atoms with van der Waals surface area (Å²) in [6, 6.07) is 16.6. The minimum absolute atomic E-state index is 0. The number of aromatic nitrogens is 6. The second-order valence-corrected chi connectivity index (χ2v) is 4.73. The Labute approximate surface area is 153 Å². The maximum Gasteiger partial charge on any atom is 0.0834 e. The van der Waals surface area contributed by atoms with E-state index in [1.165, 1.54) is 0 Å². The van der Waals surface area contributed by atoms with E-state index in [1.807, 2.05) is 60.3 Å². The first-order chi connectivity index (χ1) is 11.3. The van der Waals surface area contributed by atoms with Crippen LogP contribution in [0.1, 0.15) is 0 Å². The molecule has 0 unspecified atom stereocenters. The van der Waals surface area contributed by atoms with Crippen molar-refractivity contribution < 1.29 is 20.1 Å². The second-order valence-electron chi connectivity index (χ2n) is 4.73.